The highest BCUT2D eigenvalue weighted by atomic mass is 32.2. The van der Waals surface area contributed by atoms with E-state index >= 15 is 0 Å². The first-order valence-corrected chi connectivity index (χ1v) is 11.1. The summed E-state index contributed by atoms with van der Waals surface area (Å²) in [6, 6.07) is 0. The van der Waals surface area contributed by atoms with Crippen LogP contribution in [0.15, 0.2) is 4.90 Å². The van der Waals surface area contributed by atoms with Gasteiger partial charge in [0, 0.05) is 15.7 Å². The molecular formula is C18H32O6S2. The Bertz CT molecular complexity index is 689. The Labute approximate surface area is 161 Å². The molecule has 0 aromatic carbocycles. The van der Waals surface area contributed by atoms with E-state index < -0.39 is 15.5 Å². The van der Waals surface area contributed by atoms with Crippen LogP contribution in [-0.4, -0.2) is 44.5 Å². The number of aliphatic hydroxyl groups is 1. The second-order valence-corrected chi connectivity index (χ2v) is 9.93. The molecule has 26 heavy (non-hydrogen) atoms. The summed E-state index contributed by atoms with van der Waals surface area (Å²) in [6.07, 6.45) is 1.52. The minimum atomic E-state index is -4.45. The van der Waals surface area contributed by atoms with Crippen molar-refractivity contribution in [2.75, 3.05) is 26.4 Å². The molecule has 0 radical (unpaired) electrons. The maximum absolute atomic E-state index is 12.2. The van der Waals surface area contributed by atoms with Crippen molar-refractivity contribution in [1.29, 1.82) is 0 Å². The van der Waals surface area contributed by atoms with Gasteiger partial charge in [0.15, 0.2) is 10.6 Å². The fourth-order valence-electron chi connectivity index (χ4n) is 2.35. The summed E-state index contributed by atoms with van der Waals surface area (Å²) in [5, 5.41) is 8.76. The summed E-state index contributed by atoms with van der Waals surface area (Å²) in [7, 11) is -4.45. The molecule has 0 aliphatic rings. The fraction of sp³-hybridized carbons (Fsp3) is 0.778. The van der Waals surface area contributed by atoms with E-state index in [1.165, 1.54) is 11.3 Å². The zero-order valence-electron chi connectivity index (χ0n) is 16.6. The lowest BCUT2D eigenvalue weighted by Crippen LogP contribution is -2.19. The van der Waals surface area contributed by atoms with Crippen LogP contribution in [0.3, 0.4) is 0 Å². The third-order valence-corrected chi connectivity index (χ3v) is 7.73. The van der Waals surface area contributed by atoms with E-state index in [1.54, 1.807) is 0 Å². The van der Waals surface area contributed by atoms with Gasteiger partial charge >= 0.3 is 0 Å². The Kier molecular flexibility index (Phi) is 8.10. The van der Waals surface area contributed by atoms with Gasteiger partial charge in [-0.1, -0.05) is 41.5 Å². The lowest BCUT2D eigenvalue weighted by atomic mass is 9.86. The molecule has 0 unspecified atom stereocenters. The van der Waals surface area contributed by atoms with Crippen LogP contribution >= 0.6 is 11.3 Å². The minimum absolute atomic E-state index is 0.0856. The number of aliphatic hydroxyl groups excluding tert-OH is 1. The first-order valence-electron chi connectivity index (χ1n) is 8.89. The number of hydrogen-bond acceptors (Lipinski definition) is 6. The maximum atomic E-state index is 12.2. The summed E-state index contributed by atoms with van der Waals surface area (Å²) in [6.45, 7) is 12.5. The fourth-order valence-corrected chi connectivity index (χ4v) is 5.24. The van der Waals surface area contributed by atoms with Crippen LogP contribution in [0.4, 0.5) is 0 Å². The molecule has 0 saturated heterocycles. The van der Waals surface area contributed by atoms with Crippen LogP contribution in [0.5, 0.6) is 5.75 Å². The number of ether oxygens (including phenoxy) is 2. The van der Waals surface area contributed by atoms with Crippen molar-refractivity contribution >= 4 is 21.5 Å². The molecule has 0 atom stereocenters. The van der Waals surface area contributed by atoms with E-state index in [9.17, 15) is 13.0 Å². The molecule has 0 aliphatic carbocycles. The van der Waals surface area contributed by atoms with Gasteiger partial charge < -0.3 is 14.6 Å². The van der Waals surface area contributed by atoms with Crippen molar-refractivity contribution in [3.8, 4) is 5.75 Å². The van der Waals surface area contributed by atoms with Crippen molar-refractivity contribution in [1.82, 2.24) is 0 Å². The molecule has 0 spiro atoms. The van der Waals surface area contributed by atoms with Crippen LogP contribution in [0, 0.1) is 0 Å². The van der Waals surface area contributed by atoms with Crippen molar-refractivity contribution in [2.45, 2.75) is 70.1 Å². The average Bonchev–Trinajstić information content (AvgIpc) is 2.96. The van der Waals surface area contributed by atoms with Crippen LogP contribution in [0.1, 0.15) is 64.1 Å². The van der Waals surface area contributed by atoms with E-state index in [0.717, 1.165) is 17.7 Å². The van der Waals surface area contributed by atoms with Crippen LogP contribution < -0.4 is 4.74 Å². The van der Waals surface area contributed by atoms with Gasteiger partial charge in [0.25, 0.3) is 10.1 Å². The van der Waals surface area contributed by atoms with Gasteiger partial charge in [-0.05, 0) is 12.8 Å². The SMILES string of the molecule is CCC(C)(C)c1sc(C(C)(C)CC)c(S(=O)(=O)O)c1OCCOCCO. The molecule has 0 bridgehead atoms. The standard InChI is InChI=1S/C18H32O6S2/c1-7-17(3,4)15-13(24-12-11-23-10-9-19)14(26(20,21)22)16(25-15)18(5,6)8-2/h19H,7-12H2,1-6H3,(H,20,21,22). The molecule has 8 heteroatoms. The maximum Gasteiger partial charge on any atom is 0.299 e. The van der Waals surface area contributed by atoms with E-state index in [-0.39, 0.29) is 42.5 Å². The van der Waals surface area contributed by atoms with Gasteiger partial charge in [0.2, 0.25) is 0 Å². The van der Waals surface area contributed by atoms with Gasteiger partial charge in [-0.15, -0.1) is 11.3 Å². The quantitative estimate of drug-likeness (QED) is 0.428. The molecular weight excluding hydrogens is 376 g/mol. The molecule has 0 saturated carbocycles. The van der Waals surface area contributed by atoms with Crippen molar-refractivity contribution in [3.63, 3.8) is 0 Å². The van der Waals surface area contributed by atoms with Crippen molar-refractivity contribution < 1.29 is 27.6 Å². The normalized spacial score (nSPS) is 13.2. The molecule has 0 amide bonds. The first-order chi connectivity index (χ1) is 11.9. The molecule has 1 aromatic heterocycles. The van der Waals surface area contributed by atoms with Gasteiger partial charge in [0.05, 0.1) is 24.7 Å². The molecule has 6 nitrogen and oxygen atoms in total. The summed E-state index contributed by atoms with van der Waals surface area (Å²) < 4.78 is 45.4. The molecule has 0 aliphatic heterocycles. The summed E-state index contributed by atoms with van der Waals surface area (Å²) >= 11 is 1.40. The average molecular weight is 409 g/mol. The van der Waals surface area contributed by atoms with Gasteiger partial charge in [0.1, 0.15) is 6.61 Å². The summed E-state index contributed by atoms with van der Waals surface area (Å²) in [5.74, 6) is 0.230. The number of rotatable bonds is 11. The second-order valence-electron chi connectivity index (χ2n) is 7.55. The predicted octanol–water partition coefficient (Wildman–Crippen LogP) is 3.76. The molecule has 2 N–H and O–H groups in total. The topological polar surface area (TPSA) is 93.1 Å². The van der Waals surface area contributed by atoms with E-state index in [4.69, 9.17) is 14.6 Å². The smallest absolute Gasteiger partial charge is 0.299 e. The third-order valence-electron chi connectivity index (χ3n) is 4.79. The lowest BCUT2D eigenvalue weighted by molar-refractivity contribution is 0.0695. The number of thiophene rings is 1. The van der Waals surface area contributed by atoms with E-state index in [0.29, 0.717) is 4.88 Å². The van der Waals surface area contributed by atoms with E-state index in [2.05, 4.69) is 0 Å². The Morgan fingerprint density at radius 2 is 1.50 bits per heavy atom. The molecule has 1 aromatic rings. The molecule has 152 valence electrons. The second kappa shape index (κ2) is 9.01. The highest BCUT2D eigenvalue weighted by Gasteiger charge is 2.39. The molecule has 1 heterocycles. The van der Waals surface area contributed by atoms with Gasteiger partial charge in [-0.2, -0.15) is 8.42 Å². The van der Waals surface area contributed by atoms with Crippen LogP contribution in [-0.2, 0) is 25.7 Å². The monoisotopic (exact) mass is 408 g/mol. The van der Waals surface area contributed by atoms with Gasteiger partial charge in [-0.25, -0.2) is 0 Å². The molecule has 0 fully saturated rings. The van der Waals surface area contributed by atoms with Crippen molar-refractivity contribution in [2.24, 2.45) is 0 Å². The lowest BCUT2D eigenvalue weighted by Gasteiger charge is -2.23. The minimum Gasteiger partial charge on any atom is -0.489 e. The predicted molar refractivity (Wildman–Crippen MR) is 104 cm³/mol. The number of hydrogen-bond donors (Lipinski definition) is 2. The van der Waals surface area contributed by atoms with Crippen LogP contribution in [0.25, 0.3) is 0 Å². The van der Waals surface area contributed by atoms with Crippen LogP contribution in [0.2, 0.25) is 0 Å². The zero-order chi connectivity index (χ0) is 20.2. The Morgan fingerprint density at radius 1 is 0.962 bits per heavy atom. The zero-order valence-corrected chi connectivity index (χ0v) is 18.2. The highest BCUT2D eigenvalue weighted by molar-refractivity contribution is 7.86. The summed E-state index contributed by atoms with van der Waals surface area (Å²) in [5.41, 5.74) is -0.711. The first kappa shape index (κ1) is 23.4. The Morgan fingerprint density at radius 3 is 1.96 bits per heavy atom. The Balaban J connectivity index is 3.50. The van der Waals surface area contributed by atoms with Crippen molar-refractivity contribution in [3.05, 3.63) is 9.75 Å². The third kappa shape index (κ3) is 5.42. The highest BCUT2D eigenvalue weighted by Crippen LogP contribution is 2.50. The Hall–Kier alpha value is -0.670. The van der Waals surface area contributed by atoms with E-state index in [1.807, 2.05) is 41.5 Å². The van der Waals surface area contributed by atoms with Gasteiger partial charge in [-0.3, -0.25) is 4.55 Å². The largest absolute Gasteiger partial charge is 0.489 e. The summed E-state index contributed by atoms with van der Waals surface area (Å²) in [4.78, 5) is 1.31. The molecule has 1 rings (SSSR count).